The summed E-state index contributed by atoms with van der Waals surface area (Å²) in [6.07, 6.45) is 0.273. The summed E-state index contributed by atoms with van der Waals surface area (Å²) in [7, 11) is 3.25. The average Bonchev–Trinajstić information content (AvgIpc) is 2.07. The first-order valence-electron chi connectivity index (χ1n) is 3.50. The fraction of sp³-hybridized carbons (Fsp3) is 0.625. The number of ether oxygens (including phenoxy) is 1. The minimum absolute atomic E-state index is 0.139. The summed E-state index contributed by atoms with van der Waals surface area (Å²) >= 11 is 0. The van der Waals surface area contributed by atoms with Gasteiger partial charge in [-0.2, -0.15) is 0 Å². The van der Waals surface area contributed by atoms with E-state index >= 15 is 0 Å². The molecular weight excluding hydrogens is 176 g/mol. The molecule has 1 unspecified atom stereocenters. The number of hydrogen-bond donors (Lipinski definition) is 3. The van der Waals surface area contributed by atoms with E-state index in [1.54, 1.807) is 14.2 Å². The molecule has 0 spiro atoms. The van der Waals surface area contributed by atoms with Crippen LogP contribution in [-0.2, 0) is 9.53 Å². The van der Waals surface area contributed by atoms with Gasteiger partial charge in [0.05, 0.1) is 12.7 Å². The standard InChI is InChI=1S/C3H8O2.C3H4O2.C2H6O/c1-3(5)2-4;1-2-3(4)5;1-3-2/h3-5H,2H2,1H3;2H,1H2,(H,4,5);1-2H3. The lowest BCUT2D eigenvalue weighted by Gasteiger charge is -1.90. The van der Waals surface area contributed by atoms with Gasteiger partial charge in [0.1, 0.15) is 0 Å². The second-order valence-electron chi connectivity index (χ2n) is 1.98. The minimum atomic E-state index is -0.981. The first kappa shape index (κ1) is 18.0. The fourth-order valence-electron chi connectivity index (χ4n) is 0. The van der Waals surface area contributed by atoms with Crippen LogP contribution in [0.4, 0.5) is 0 Å². The van der Waals surface area contributed by atoms with Crippen molar-refractivity contribution < 1.29 is 24.9 Å². The Bertz CT molecular complexity index is 111. The monoisotopic (exact) mass is 194 g/mol. The van der Waals surface area contributed by atoms with Gasteiger partial charge >= 0.3 is 5.97 Å². The molecule has 80 valence electrons. The van der Waals surface area contributed by atoms with Crippen LogP contribution >= 0.6 is 0 Å². The van der Waals surface area contributed by atoms with Gasteiger partial charge in [-0.3, -0.25) is 0 Å². The third-order valence-electron chi connectivity index (χ3n) is 0.439. The molecule has 5 heteroatoms. The molecule has 0 aromatic carbocycles. The van der Waals surface area contributed by atoms with E-state index in [1.807, 2.05) is 0 Å². The molecule has 13 heavy (non-hydrogen) atoms. The molecule has 0 rings (SSSR count). The van der Waals surface area contributed by atoms with E-state index in [4.69, 9.17) is 15.3 Å². The predicted molar refractivity (Wildman–Crippen MR) is 49.5 cm³/mol. The highest BCUT2D eigenvalue weighted by atomic mass is 16.4. The summed E-state index contributed by atoms with van der Waals surface area (Å²) in [6.45, 7) is 4.35. The Morgan fingerprint density at radius 1 is 1.62 bits per heavy atom. The van der Waals surface area contributed by atoms with Crippen molar-refractivity contribution in [3.8, 4) is 0 Å². The van der Waals surface area contributed by atoms with Gasteiger partial charge in [-0.15, -0.1) is 0 Å². The lowest BCUT2D eigenvalue weighted by Crippen LogP contribution is -2.03. The normalized spacial score (nSPS) is 9.62. The van der Waals surface area contributed by atoms with Crippen molar-refractivity contribution in [2.45, 2.75) is 13.0 Å². The van der Waals surface area contributed by atoms with E-state index in [0.29, 0.717) is 0 Å². The highest BCUT2D eigenvalue weighted by Gasteiger charge is 1.83. The molecule has 0 heterocycles. The molecule has 0 saturated heterocycles. The van der Waals surface area contributed by atoms with Crippen LogP contribution in [0.5, 0.6) is 0 Å². The van der Waals surface area contributed by atoms with E-state index < -0.39 is 12.1 Å². The highest BCUT2D eigenvalue weighted by Crippen LogP contribution is 1.68. The number of aliphatic hydroxyl groups excluding tert-OH is 2. The Balaban J connectivity index is -0.000000120. The number of carbonyl (C=O) groups is 1. The summed E-state index contributed by atoms with van der Waals surface area (Å²) in [5, 5.41) is 23.6. The van der Waals surface area contributed by atoms with E-state index in [9.17, 15) is 4.79 Å². The highest BCUT2D eigenvalue weighted by molar-refractivity contribution is 5.78. The Morgan fingerprint density at radius 2 is 1.77 bits per heavy atom. The maximum atomic E-state index is 9.25. The number of aliphatic hydroxyl groups is 2. The topological polar surface area (TPSA) is 87.0 Å². The molecule has 0 aromatic rings. The smallest absolute Gasteiger partial charge is 0.327 e. The molecule has 0 bridgehead atoms. The molecule has 0 fully saturated rings. The van der Waals surface area contributed by atoms with Crippen molar-refractivity contribution in [3.05, 3.63) is 12.7 Å². The van der Waals surface area contributed by atoms with E-state index in [1.165, 1.54) is 6.92 Å². The maximum absolute atomic E-state index is 9.25. The number of rotatable bonds is 2. The number of carboxylic acid groups (broad SMARTS) is 1. The largest absolute Gasteiger partial charge is 0.478 e. The average molecular weight is 194 g/mol. The van der Waals surface area contributed by atoms with E-state index in [0.717, 1.165) is 6.08 Å². The fourth-order valence-corrected chi connectivity index (χ4v) is 0. The van der Waals surface area contributed by atoms with E-state index in [2.05, 4.69) is 11.3 Å². The third kappa shape index (κ3) is 96.0. The third-order valence-corrected chi connectivity index (χ3v) is 0.439. The Kier molecular flexibility index (Phi) is 23.9. The first-order chi connectivity index (χ1) is 5.95. The van der Waals surface area contributed by atoms with E-state index in [-0.39, 0.29) is 6.61 Å². The molecule has 0 aliphatic carbocycles. The lowest BCUT2D eigenvalue weighted by atomic mass is 10.5. The predicted octanol–water partition coefficient (Wildman–Crippen LogP) is -0.121. The van der Waals surface area contributed by atoms with Crippen LogP contribution in [0.25, 0.3) is 0 Å². The SMILES string of the molecule is C=CC(=O)O.CC(O)CO.COC. The van der Waals surface area contributed by atoms with Crippen LogP contribution in [0, 0.1) is 0 Å². The van der Waals surface area contributed by atoms with Crippen LogP contribution in [-0.4, -0.2) is 48.2 Å². The Labute approximate surface area is 78.3 Å². The zero-order valence-corrected chi connectivity index (χ0v) is 8.23. The number of carboxylic acids is 1. The van der Waals surface area contributed by atoms with Crippen LogP contribution < -0.4 is 0 Å². The van der Waals surface area contributed by atoms with Crippen molar-refractivity contribution in [3.63, 3.8) is 0 Å². The molecule has 0 amide bonds. The van der Waals surface area contributed by atoms with Gasteiger partial charge in [0.2, 0.25) is 0 Å². The zero-order chi connectivity index (χ0) is 11.3. The molecule has 0 saturated carbocycles. The second-order valence-corrected chi connectivity index (χ2v) is 1.98. The molecule has 0 aliphatic heterocycles. The van der Waals surface area contributed by atoms with Gasteiger partial charge in [0.25, 0.3) is 0 Å². The quantitative estimate of drug-likeness (QED) is 0.533. The molecule has 0 aromatic heterocycles. The number of hydrogen-bond acceptors (Lipinski definition) is 4. The van der Waals surface area contributed by atoms with Crippen LogP contribution in [0.3, 0.4) is 0 Å². The molecule has 5 nitrogen and oxygen atoms in total. The number of methoxy groups -OCH3 is 1. The minimum Gasteiger partial charge on any atom is -0.478 e. The lowest BCUT2D eigenvalue weighted by molar-refractivity contribution is -0.131. The summed E-state index contributed by atoms with van der Waals surface area (Å²) in [5.41, 5.74) is 0. The van der Waals surface area contributed by atoms with Gasteiger partial charge < -0.3 is 20.1 Å². The zero-order valence-electron chi connectivity index (χ0n) is 8.23. The van der Waals surface area contributed by atoms with Gasteiger partial charge in [-0.25, -0.2) is 4.79 Å². The molecule has 0 radical (unpaired) electrons. The summed E-state index contributed by atoms with van der Waals surface area (Å²) in [6, 6.07) is 0. The van der Waals surface area contributed by atoms with Gasteiger partial charge in [-0.05, 0) is 6.92 Å². The second kappa shape index (κ2) is 17.3. The summed E-state index contributed by atoms with van der Waals surface area (Å²) < 4.78 is 4.25. The maximum Gasteiger partial charge on any atom is 0.327 e. The molecule has 3 N–H and O–H groups in total. The van der Waals surface area contributed by atoms with Gasteiger partial charge in [-0.1, -0.05) is 6.58 Å². The van der Waals surface area contributed by atoms with Crippen molar-refractivity contribution in [1.29, 1.82) is 0 Å². The van der Waals surface area contributed by atoms with Crippen molar-refractivity contribution in [2.24, 2.45) is 0 Å². The van der Waals surface area contributed by atoms with Crippen LogP contribution in [0.15, 0.2) is 12.7 Å². The molecular formula is C8H18O5. The first-order valence-corrected chi connectivity index (χ1v) is 3.50. The Morgan fingerprint density at radius 3 is 1.77 bits per heavy atom. The summed E-state index contributed by atoms with van der Waals surface area (Å²) in [5.74, 6) is -0.981. The van der Waals surface area contributed by atoms with Crippen molar-refractivity contribution in [2.75, 3.05) is 20.8 Å². The van der Waals surface area contributed by atoms with Crippen molar-refractivity contribution >= 4 is 5.97 Å². The van der Waals surface area contributed by atoms with Crippen LogP contribution in [0.2, 0.25) is 0 Å². The molecule has 0 aliphatic rings. The van der Waals surface area contributed by atoms with Gasteiger partial charge in [0.15, 0.2) is 0 Å². The Hall–Kier alpha value is -0.910. The van der Waals surface area contributed by atoms with Crippen LogP contribution in [0.1, 0.15) is 6.92 Å². The summed E-state index contributed by atoms with van der Waals surface area (Å²) in [4.78, 5) is 9.25. The molecule has 1 atom stereocenters. The number of aliphatic carboxylic acids is 1. The van der Waals surface area contributed by atoms with Gasteiger partial charge in [0, 0.05) is 20.3 Å². The van der Waals surface area contributed by atoms with Crippen molar-refractivity contribution in [1.82, 2.24) is 0 Å².